The number of para-hydroxylation sites is 1. The molecule has 0 aromatic heterocycles. The second kappa shape index (κ2) is 4.96. The van der Waals surface area contributed by atoms with Gasteiger partial charge in [0.1, 0.15) is 0 Å². The maximum absolute atomic E-state index is 11.3. The molecule has 0 spiro atoms. The summed E-state index contributed by atoms with van der Waals surface area (Å²) in [6, 6.07) is 8.12. The molecule has 2 heteroatoms. The average Bonchev–Trinajstić information content (AvgIpc) is 2.60. The zero-order chi connectivity index (χ0) is 11.4. The minimum Gasteiger partial charge on any atom is -0.312 e. The fraction of sp³-hybridized carbons (Fsp3) is 0.462. The first-order valence-electron chi connectivity index (χ1n) is 5.57. The van der Waals surface area contributed by atoms with E-state index < -0.39 is 0 Å². The SMILES string of the molecule is CC.CC(=O)N1CC(C)c2ccccc21. The Morgan fingerprint density at radius 1 is 1.33 bits per heavy atom. The smallest absolute Gasteiger partial charge is 0.223 e. The Morgan fingerprint density at radius 3 is 2.53 bits per heavy atom. The van der Waals surface area contributed by atoms with Crippen molar-refractivity contribution >= 4 is 11.6 Å². The van der Waals surface area contributed by atoms with E-state index in [1.54, 1.807) is 6.92 Å². The molecule has 1 atom stereocenters. The van der Waals surface area contributed by atoms with Crippen LogP contribution in [0.4, 0.5) is 5.69 Å². The first-order valence-corrected chi connectivity index (χ1v) is 5.57. The van der Waals surface area contributed by atoms with Gasteiger partial charge in [0.15, 0.2) is 0 Å². The lowest BCUT2D eigenvalue weighted by atomic mass is 10.0. The molecule has 0 fully saturated rings. The summed E-state index contributed by atoms with van der Waals surface area (Å²) in [4.78, 5) is 13.1. The van der Waals surface area contributed by atoms with Crippen LogP contribution in [0.3, 0.4) is 0 Å². The molecule has 0 saturated carbocycles. The number of carbonyl (C=O) groups excluding carboxylic acids is 1. The summed E-state index contributed by atoms with van der Waals surface area (Å²) in [5.41, 5.74) is 2.38. The molecule has 0 N–H and O–H groups in total. The number of amides is 1. The summed E-state index contributed by atoms with van der Waals surface area (Å²) >= 11 is 0. The summed E-state index contributed by atoms with van der Waals surface area (Å²) in [7, 11) is 0. The Morgan fingerprint density at radius 2 is 1.93 bits per heavy atom. The van der Waals surface area contributed by atoms with Gasteiger partial charge >= 0.3 is 0 Å². The molecular weight excluding hydrogens is 186 g/mol. The normalized spacial score (nSPS) is 17.9. The predicted octanol–water partition coefficient (Wildman–Crippen LogP) is 3.18. The standard InChI is InChI=1S/C11H13NO.C2H6/c1-8-7-12(9(2)13)11-6-4-3-5-10(8)11;1-2/h3-6,8H,7H2,1-2H3;1-2H3. The van der Waals surface area contributed by atoms with Crippen molar-refractivity contribution in [3.05, 3.63) is 29.8 Å². The topological polar surface area (TPSA) is 20.3 Å². The molecule has 0 aliphatic carbocycles. The molecule has 0 bridgehead atoms. The molecule has 1 aliphatic rings. The number of hydrogen-bond donors (Lipinski definition) is 0. The van der Waals surface area contributed by atoms with Crippen molar-refractivity contribution in [3.63, 3.8) is 0 Å². The largest absolute Gasteiger partial charge is 0.312 e. The van der Waals surface area contributed by atoms with Gasteiger partial charge in [-0.25, -0.2) is 0 Å². The molecule has 1 aliphatic heterocycles. The molecule has 2 nitrogen and oxygen atoms in total. The van der Waals surface area contributed by atoms with Gasteiger partial charge in [-0.15, -0.1) is 0 Å². The zero-order valence-electron chi connectivity index (χ0n) is 9.95. The van der Waals surface area contributed by atoms with Crippen molar-refractivity contribution in [2.45, 2.75) is 33.6 Å². The highest BCUT2D eigenvalue weighted by atomic mass is 16.2. The van der Waals surface area contributed by atoms with Gasteiger partial charge in [-0.2, -0.15) is 0 Å². The maximum Gasteiger partial charge on any atom is 0.223 e. The Bertz CT molecular complexity index is 346. The van der Waals surface area contributed by atoms with Crippen molar-refractivity contribution in [2.75, 3.05) is 11.4 Å². The van der Waals surface area contributed by atoms with Crippen LogP contribution in [-0.2, 0) is 4.79 Å². The molecule has 2 rings (SSSR count). The van der Waals surface area contributed by atoms with Crippen LogP contribution in [0.5, 0.6) is 0 Å². The van der Waals surface area contributed by atoms with Crippen LogP contribution in [0.1, 0.15) is 39.2 Å². The molecule has 1 aromatic rings. The van der Waals surface area contributed by atoms with Gasteiger partial charge in [0.25, 0.3) is 0 Å². The maximum atomic E-state index is 11.3. The number of fused-ring (bicyclic) bond motifs is 1. The van der Waals surface area contributed by atoms with Crippen LogP contribution in [0.2, 0.25) is 0 Å². The fourth-order valence-corrected chi connectivity index (χ4v) is 1.92. The Kier molecular flexibility index (Phi) is 3.89. The van der Waals surface area contributed by atoms with Crippen molar-refractivity contribution in [2.24, 2.45) is 0 Å². The van der Waals surface area contributed by atoms with Crippen LogP contribution in [0.25, 0.3) is 0 Å². The molecule has 0 radical (unpaired) electrons. The lowest BCUT2D eigenvalue weighted by Gasteiger charge is -2.14. The molecule has 1 unspecified atom stereocenters. The minimum absolute atomic E-state index is 0.136. The van der Waals surface area contributed by atoms with Crippen molar-refractivity contribution in [1.29, 1.82) is 0 Å². The first-order chi connectivity index (χ1) is 7.20. The number of benzene rings is 1. The van der Waals surface area contributed by atoms with E-state index in [9.17, 15) is 4.79 Å². The third kappa shape index (κ3) is 2.20. The van der Waals surface area contributed by atoms with Gasteiger partial charge in [-0.05, 0) is 11.6 Å². The Labute approximate surface area is 91.9 Å². The molecule has 1 heterocycles. The highest BCUT2D eigenvalue weighted by Crippen LogP contribution is 2.35. The van der Waals surface area contributed by atoms with Crippen LogP contribution >= 0.6 is 0 Å². The second-order valence-corrected chi connectivity index (χ2v) is 3.59. The summed E-state index contributed by atoms with van der Waals surface area (Å²) < 4.78 is 0. The lowest BCUT2D eigenvalue weighted by Crippen LogP contribution is -2.26. The predicted molar refractivity (Wildman–Crippen MR) is 64.2 cm³/mol. The Hall–Kier alpha value is -1.31. The number of rotatable bonds is 0. The number of nitrogens with zero attached hydrogens (tertiary/aromatic N) is 1. The van der Waals surface area contributed by atoms with E-state index >= 15 is 0 Å². The van der Waals surface area contributed by atoms with Gasteiger partial charge in [0, 0.05) is 25.1 Å². The number of anilines is 1. The summed E-state index contributed by atoms with van der Waals surface area (Å²) in [5, 5.41) is 0. The number of hydrogen-bond acceptors (Lipinski definition) is 1. The van der Waals surface area contributed by atoms with Gasteiger partial charge in [0.05, 0.1) is 0 Å². The highest BCUT2D eigenvalue weighted by Gasteiger charge is 2.26. The van der Waals surface area contributed by atoms with Crippen LogP contribution in [0.15, 0.2) is 24.3 Å². The molecule has 0 saturated heterocycles. The zero-order valence-corrected chi connectivity index (χ0v) is 9.95. The van der Waals surface area contributed by atoms with Gasteiger partial charge in [-0.3, -0.25) is 4.79 Å². The van der Waals surface area contributed by atoms with Gasteiger partial charge in [0.2, 0.25) is 5.91 Å². The van der Waals surface area contributed by atoms with Crippen molar-refractivity contribution in [3.8, 4) is 0 Å². The van der Waals surface area contributed by atoms with Gasteiger partial charge < -0.3 is 4.90 Å². The Balaban J connectivity index is 0.000000531. The third-order valence-electron chi connectivity index (χ3n) is 2.60. The monoisotopic (exact) mass is 205 g/mol. The second-order valence-electron chi connectivity index (χ2n) is 3.59. The average molecular weight is 205 g/mol. The first kappa shape index (κ1) is 11.8. The molecule has 82 valence electrons. The van der Waals surface area contributed by atoms with Crippen molar-refractivity contribution in [1.82, 2.24) is 0 Å². The van der Waals surface area contributed by atoms with E-state index in [1.807, 2.05) is 36.9 Å². The van der Waals surface area contributed by atoms with Gasteiger partial charge in [-0.1, -0.05) is 39.0 Å². The van der Waals surface area contributed by atoms with E-state index in [-0.39, 0.29) is 5.91 Å². The lowest BCUT2D eigenvalue weighted by molar-refractivity contribution is -0.116. The summed E-state index contributed by atoms with van der Waals surface area (Å²) in [6.07, 6.45) is 0. The van der Waals surface area contributed by atoms with Crippen LogP contribution in [-0.4, -0.2) is 12.5 Å². The van der Waals surface area contributed by atoms with Crippen LogP contribution < -0.4 is 4.90 Å². The fourth-order valence-electron chi connectivity index (χ4n) is 1.92. The highest BCUT2D eigenvalue weighted by molar-refractivity contribution is 5.94. The molecule has 1 amide bonds. The van der Waals surface area contributed by atoms with E-state index in [2.05, 4.69) is 13.0 Å². The van der Waals surface area contributed by atoms with E-state index in [0.717, 1.165) is 12.2 Å². The number of carbonyl (C=O) groups is 1. The molecule has 15 heavy (non-hydrogen) atoms. The van der Waals surface area contributed by atoms with E-state index in [0.29, 0.717) is 5.92 Å². The van der Waals surface area contributed by atoms with Crippen molar-refractivity contribution < 1.29 is 4.79 Å². The molecule has 1 aromatic carbocycles. The summed E-state index contributed by atoms with van der Waals surface area (Å²) in [5.74, 6) is 0.608. The van der Waals surface area contributed by atoms with Crippen LogP contribution in [0, 0.1) is 0 Å². The van der Waals surface area contributed by atoms with E-state index in [4.69, 9.17) is 0 Å². The summed E-state index contributed by atoms with van der Waals surface area (Å²) in [6.45, 7) is 8.60. The quantitative estimate of drug-likeness (QED) is 0.637. The van der Waals surface area contributed by atoms with E-state index in [1.165, 1.54) is 5.56 Å². The molecular formula is C13H19NO. The minimum atomic E-state index is 0.136. The third-order valence-corrected chi connectivity index (χ3v) is 2.60.